The number of hydrogen-bond donors (Lipinski definition) is 0. The van der Waals surface area contributed by atoms with Crippen LogP contribution in [0.15, 0.2) is 46.0 Å². The van der Waals surface area contributed by atoms with Gasteiger partial charge in [0.2, 0.25) is 0 Å². The molecule has 0 saturated carbocycles. The first-order valence-electron chi connectivity index (χ1n) is 7.48. The van der Waals surface area contributed by atoms with Gasteiger partial charge >= 0.3 is 0 Å². The maximum atomic E-state index is 12.5. The van der Waals surface area contributed by atoms with Crippen LogP contribution in [0.3, 0.4) is 0 Å². The summed E-state index contributed by atoms with van der Waals surface area (Å²) >= 11 is 1.27. The summed E-state index contributed by atoms with van der Waals surface area (Å²) in [5.41, 5.74) is 1.18. The van der Waals surface area contributed by atoms with Gasteiger partial charge in [-0.1, -0.05) is 18.2 Å². The molecule has 3 rings (SSSR count). The van der Waals surface area contributed by atoms with Gasteiger partial charge < -0.3 is 4.74 Å². The second kappa shape index (κ2) is 8.31. The fourth-order valence-corrected chi connectivity index (χ4v) is 5.26. The molecule has 0 atom stereocenters. The van der Waals surface area contributed by atoms with Crippen molar-refractivity contribution in [3.63, 3.8) is 0 Å². The molecule has 0 amide bonds. The quantitative estimate of drug-likeness (QED) is 0.790. The van der Waals surface area contributed by atoms with E-state index in [2.05, 4.69) is 11.0 Å². The third kappa shape index (κ3) is 4.29. The molecule has 0 aliphatic carbocycles. The third-order valence-electron chi connectivity index (χ3n) is 3.96. The van der Waals surface area contributed by atoms with Crippen molar-refractivity contribution in [2.75, 3.05) is 33.3 Å². The zero-order chi connectivity index (χ0) is 16.3. The number of piperazine rings is 1. The lowest BCUT2D eigenvalue weighted by molar-refractivity contribution is 0.181. The van der Waals surface area contributed by atoms with E-state index in [1.807, 2.05) is 18.2 Å². The normalized spacial score (nSPS) is 16.5. The fourth-order valence-electron chi connectivity index (χ4n) is 2.69. The Morgan fingerprint density at radius 3 is 2.50 bits per heavy atom. The van der Waals surface area contributed by atoms with Gasteiger partial charge in [-0.25, -0.2) is 8.42 Å². The summed E-state index contributed by atoms with van der Waals surface area (Å²) in [5.74, 6) is 0.849. The number of sulfonamides is 1. The minimum absolute atomic E-state index is 0. The number of rotatable bonds is 5. The van der Waals surface area contributed by atoms with Gasteiger partial charge in [0.15, 0.2) is 0 Å². The van der Waals surface area contributed by atoms with Crippen molar-refractivity contribution >= 4 is 33.8 Å². The number of nitrogens with zero attached hydrogens (tertiary/aromatic N) is 2. The molecular formula is C16H21ClN2O3S2. The van der Waals surface area contributed by atoms with Crippen LogP contribution >= 0.6 is 23.7 Å². The van der Waals surface area contributed by atoms with E-state index in [-0.39, 0.29) is 12.4 Å². The van der Waals surface area contributed by atoms with E-state index < -0.39 is 10.0 Å². The number of thiophene rings is 1. The van der Waals surface area contributed by atoms with E-state index >= 15 is 0 Å². The lowest BCUT2D eigenvalue weighted by Gasteiger charge is -2.33. The van der Waals surface area contributed by atoms with E-state index in [0.717, 1.165) is 25.4 Å². The van der Waals surface area contributed by atoms with Crippen LogP contribution in [0, 0.1) is 0 Å². The highest BCUT2D eigenvalue weighted by Gasteiger charge is 2.29. The molecule has 5 nitrogen and oxygen atoms in total. The van der Waals surface area contributed by atoms with Crippen LogP contribution in [-0.2, 0) is 16.6 Å². The minimum Gasteiger partial charge on any atom is -0.497 e. The standard InChI is InChI=1S/C16H20N2O3S2.ClH/c1-21-15-5-2-4-14(12-15)13-17-7-9-18(10-8-17)23(19,20)16-6-3-11-22-16;/h2-6,11-12H,7-10,13H2,1H3;1H. The molecule has 1 fully saturated rings. The molecule has 1 aliphatic rings. The van der Waals surface area contributed by atoms with Crippen LogP contribution in [-0.4, -0.2) is 50.9 Å². The maximum absolute atomic E-state index is 12.5. The van der Waals surface area contributed by atoms with Crippen LogP contribution in [0.25, 0.3) is 0 Å². The van der Waals surface area contributed by atoms with Gasteiger partial charge in [-0.05, 0) is 29.1 Å². The van der Waals surface area contributed by atoms with Gasteiger partial charge in [0, 0.05) is 32.7 Å². The molecule has 132 valence electrons. The van der Waals surface area contributed by atoms with Gasteiger partial charge in [0.05, 0.1) is 7.11 Å². The summed E-state index contributed by atoms with van der Waals surface area (Å²) in [5, 5.41) is 1.80. The van der Waals surface area contributed by atoms with Crippen LogP contribution in [0.1, 0.15) is 5.56 Å². The molecule has 1 saturated heterocycles. The smallest absolute Gasteiger partial charge is 0.252 e. The number of ether oxygens (including phenoxy) is 1. The third-order valence-corrected chi connectivity index (χ3v) is 7.23. The molecule has 0 unspecified atom stereocenters. The van der Waals surface area contributed by atoms with E-state index in [4.69, 9.17) is 4.74 Å². The Morgan fingerprint density at radius 2 is 1.88 bits per heavy atom. The highest BCUT2D eigenvalue weighted by Crippen LogP contribution is 2.22. The molecule has 0 bridgehead atoms. The molecule has 1 aliphatic heterocycles. The maximum Gasteiger partial charge on any atom is 0.252 e. The molecule has 8 heteroatoms. The molecule has 0 radical (unpaired) electrons. The number of methoxy groups -OCH3 is 1. The van der Waals surface area contributed by atoms with Gasteiger partial charge in [0.25, 0.3) is 10.0 Å². The molecule has 2 heterocycles. The average Bonchev–Trinajstić information content (AvgIpc) is 3.11. The van der Waals surface area contributed by atoms with Crippen molar-refractivity contribution in [1.82, 2.24) is 9.21 Å². The van der Waals surface area contributed by atoms with E-state index in [9.17, 15) is 8.42 Å². The van der Waals surface area contributed by atoms with Crippen molar-refractivity contribution in [3.8, 4) is 5.75 Å². The van der Waals surface area contributed by atoms with Crippen LogP contribution in [0.2, 0.25) is 0 Å². The predicted molar refractivity (Wildman–Crippen MR) is 98.6 cm³/mol. The summed E-state index contributed by atoms with van der Waals surface area (Å²) in [6.45, 7) is 3.35. The van der Waals surface area contributed by atoms with Crippen molar-refractivity contribution in [2.24, 2.45) is 0 Å². The van der Waals surface area contributed by atoms with Gasteiger partial charge in [-0.15, -0.1) is 23.7 Å². The summed E-state index contributed by atoms with van der Waals surface area (Å²) < 4.78 is 32.3. The Balaban J connectivity index is 0.00000208. The second-order valence-electron chi connectivity index (χ2n) is 5.46. The molecule has 1 aromatic heterocycles. The zero-order valence-electron chi connectivity index (χ0n) is 13.4. The summed E-state index contributed by atoms with van der Waals surface area (Å²) in [6, 6.07) is 11.4. The molecular weight excluding hydrogens is 368 g/mol. The van der Waals surface area contributed by atoms with Gasteiger partial charge in [-0.3, -0.25) is 4.90 Å². The summed E-state index contributed by atoms with van der Waals surface area (Å²) in [7, 11) is -1.66. The Kier molecular flexibility index (Phi) is 6.65. The zero-order valence-corrected chi connectivity index (χ0v) is 15.9. The second-order valence-corrected chi connectivity index (χ2v) is 8.58. The molecule has 2 aromatic rings. The van der Waals surface area contributed by atoms with E-state index in [0.29, 0.717) is 17.3 Å². The minimum atomic E-state index is -3.32. The molecule has 1 aromatic carbocycles. The summed E-state index contributed by atoms with van der Waals surface area (Å²) in [6.07, 6.45) is 0. The summed E-state index contributed by atoms with van der Waals surface area (Å²) in [4.78, 5) is 2.27. The Labute approximate surface area is 153 Å². The van der Waals surface area contributed by atoms with Gasteiger partial charge in [0.1, 0.15) is 9.96 Å². The van der Waals surface area contributed by atoms with Crippen LogP contribution in [0.5, 0.6) is 5.75 Å². The average molecular weight is 389 g/mol. The molecule has 0 spiro atoms. The van der Waals surface area contributed by atoms with Crippen molar-refractivity contribution in [1.29, 1.82) is 0 Å². The Morgan fingerprint density at radius 1 is 1.12 bits per heavy atom. The van der Waals surface area contributed by atoms with Crippen LogP contribution < -0.4 is 4.74 Å². The van der Waals surface area contributed by atoms with Crippen molar-refractivity contribution in [2.45, 2.75) is 10.8 Å². The largest absolute Gasteiger partial charge is 0.497 e. The number of benzene rings is 1. The molecule has 0 N–H and O–H groups in total. The molecule has 24 heavy (non-hydrogen) atoms. The van der Waals surface area contributed by atoms with Gasteiger partial charge in [-0.2, -0.15) is 4.31 Å². The lowest BCUT2D eigenvalue weighted by atomic mass is 10.2. The predicted octanol–water partition coefficient (Wildman–Crippen LogP) is 2.69. The monoisotopic (exact) mass is 388 g/mol. The first kappa shape index (κ1) is 19.2. The topological polar surface area (TPSA) is 49.9 Å². The highest BCUT2D eigenvalue weighted by molar-refractivity contribution is 7.91. The van der Waals surface area contributed by atoms with Crippen LogP contribution in [0.4, 0.5) is 0 Å². The first-order chi connectivity index (χ1) is 11.1. The lowest BCUT2D eigenvalue weighted by Crippen LogP contribution is -2.48. The van der Waals surface area contributed by atoms with E-state index in [1.54, 1.807) is 28.9 Å². The Hall–Kier alpha value is -1.12. The van der Waals surface area contributed by atoms with E-state index in [1.165, 1.54) is 16.9 Å². The number of hydrogen-bond acceptors (Lipinski definition) is 5. The highest BCUT2D eigenvalue weighted by atomic mass is 35.5. The SMILES string of the molecule is COc1cccc(CN2CCN(S(=O)(=O)c3cccs3)CC2)c1.Cl. The Bertz CT molecular complexity index is 742. The fraction of sp³-hybridized carbons (Fsp3) is 0.375. The number of halogens is 1. The first-order valence-corrected chi connectivity index (χ1v) is 9.80. The van der Waals surface area contributed by atoms with Crippen molar-refractivity contribution < 1.29 is 13.2 Å². The van der Waals surface area contributed by atoms with Crippen molar-refractivity contribution in [3.05, 3.63) is 47.3 Å².